The zero-order valence-corrected chi connectivity index (χ0v) is 12.6. The molecule has 0 spiro atoms. The van der Waals surface area contributed by atoms with Crippen molar-refractivity contribution in [2.24, 2.45) is 5.73 Å². The summed E-state index contributed by atoms with van der Waals surface area (Å²) in [5.74, 6) is 1.17. The van der Waals surface area contributed by atoms with Gasteiger partial charge in [0.2, 0.25) is 0 Å². The van der Waals surface area contributed by atoms with Gasteiger partial charge in [0, 0.05) is 11.3 Å². The van der Waals surface area contributed by atoms with E-state index in [1.807, 2.05) is 18.2 Å². The number of hydrogen-bond donors (Lipinski definition) is 4. The molecule has 6 nitrogen and oxygen atoms in total. The second-order valence-corrected chi connectivity index (χ2v) is 5.13. The second kappa shape index (κ2) is 5.53. The van der Waals surface area contributed by atoms with Crippen LogP contribution in [0, 0.1) is 0 Å². The molecule has 1 aromatic heterocycles. The van der Waals surface area contributed by atoms with Gasteiger partial charge in [-0.3, -0.25) is 0 Å². The first-order valence-electron chi connectivity index (χ1n) is 6.50. The molecule has 112 valence electrons. The maximum absolute atomic E-state index is 9.65. The van der Waals surface area contributed by atoms with Crippen molar-refractivity contribution in [2.75, 3.05) is 12.4 Å². The van der Waals surface area contributed by atoms with Gasteiger partial charge < -0.3 is 25.9 Å². The summed E-state index contributed by atoms with van der Waals surface area (Å²) in [6, 6.07) is 10.7. The standard InChI is InChI=1S/C15H14N4O2S/c1-21-13-6-8(2-5-12(13)20)14-18-10-4-3-9(17-15(16)22)7-11(10)19-14/h2-7,20H,1H3,(H,18,19)(H3,16,17,22). The molecule has 0 aliphatic heterocycles. The Hall–Kier alpha value is -2.80. The highest BCUT2D eigenvalue weighted by molar-refractivity contribution is 7.80. The molecule has 3 rings (SSSR count). The Morgan fingerprint density at radius 2 is 2.14 bits per heavy atom. The maximum Gasteiger partial charge on any atom is 0.168 e. The quantitative estimate of drug-likeness (QED) is 0.555. The van der Waals surface area contributed by atoms with Gasteiger partial charge in [-0.15, -0.1) is 0 Å². The number of methoxy groups -OCH3 is 1. The minimum atomic E-state index is 0.0882. The number of aromatic amines is 1. The number of H-pyrrole nitrogens is 1. The molecule has 0 amide bonds. The molecule has 2 aromatic carbocycles. The number of fused-ring (bicyclic) bond motifs is 1. The van der Waals surface area contributed by atoms with Crippen molar-refractivity contribution in [2.45, 2.75) is 0 Å². The van der Waals surface area contributed by atoms with Gasteiger partial charge in [-0.2, -0.15) is 0 Å². The van der Waals surface area contributed by atoms with Crippen LogP contribution in [0.4, 0.5) is 5.69 Å². The van der Waals surface area contributed by atoms with Crippen molar-refractivity contribution in [3.8, 4) is 22.9 Å². The number of phenolic OH excluding ortho intramolecular Hbond substituents is 1. The molecule has 1 heterocycles. The van der Waals surface area contributed by atoms with E-state index in [-0.39, 0.29) is 10.9 Å². The van der Waals surface area contributed by atoms with E-state index in [0.717, 1.165) is 22.3 Å². The number of thiocarbonyl (C=S) groups is 1. The third kappa shape index (κ3) is 2.66. The zero-order valence-electron chi connectivity index (χ0n) is 11.8. The monoisotopic (exact) mass is 314 g/mol. The van der Waals surface area contributed by atoms with Crippen molar-refractivity contribution in [3.63, 3.8) is 0 Å². The third-order valence-corrected chi connectivity index (χ3v) is 3.30. The first kappa shape index (κ1) is 14.2. The Bertz CT molecular complexity index is 860. The molecular weight excluding hydrogens is 300 g/mol. The highest BCUT2D eigenvalue weighted by atomic mass is 32.1. The topological polar surface area (TPSA) is 96.2 Å². The number of hydrogen-bond acceptors (Lipinski definition) is 4. The fourth-order valence-electron chi connectivity index (χ4n) is 2.19. The molecule has 0 aliphatic rings. The van der Waals surface area contributed by atoms with Crippen LogP contribution in [0.15, 0.2) is 36.4 Å². The molecule has 0 saturated carbocycles. The van der Waals surface area contributed by atoms with Crippen LogP contribution in [0.2, 0.25) is 0 Å². The summed E-state index contributed by atoms with van der Waals surface area (Å²) in [7, 11) is 1.51. The van der Waals surface area contributed by atoms with E-state index < -0.39 is 0 Å². The number of ether oxygens (including phenoxy) is 1. The van der Waals surface area contributed by atoms with Gasteiger partial charge in [-0.05, 0) is 48.6 Å². The first-order valence-corrected chi connectivity index (χ1v) is 6.91. The number of benzene rings is 2. The number of phenols is 1. The SMILES string of the molecule is COc1cc(-c2nc3ccc(NC(N)=S)cc3[nH]2)ccc1O. The van der Waals surface area contributed by atoms with Crippen LogP contribution in [0.3, 0.4) is 0 Å². The lowest BCUT2D eigenvalue weighted by Gasteiger charge is -2.04. The van der Waals surface area contributed by atoms with Gasteiger partial charge in [0.15, 0.2) is 16.6 Å². The van der Waals surface area contributed by atoms with Gasteiger partial charge in [0.05, 0.1) is 18.1 Å². The number of nitrogens with zero attached hydrogens (tertiary/aromatic N) is 1. The normalized spacial score (nSPS) is 10.6. The molecule has 3 aromatic rings. The van der Waals surface area contributed by atoms with Gasteiger partial charge in [-0.1, -0.05) is 0 Å². The highest BCUT2D eigenvalue weighted by Crippen LogP contribution is 2.31. The second-order valence-electron chi connectivity index (χ2n) is 4.69. The van der Waals surface area contributed by atoms with Crippen molar-refractivity contribution in [3.05, 3.63) is 36.4 Å². The molecular formula is C15H14N4O2S. The Morgan fingerprint density at radius 3 is 2.86 bits per heavy atom. The van der Waals surface area contributed by atoms with E-state index in [1.165, 1.54) is 7.11 Å². The fraction of sp³-hybridized carbons (Fsp3) is 0.0667. The minimum absolute atomic E-state index is 0.0882. The largest absolute Gasteiger partial charge is 0.504 e. The average Bonchev–Trinajstić information content (AvgIpc) is 2.90. The van der Waals surface area contributed by atoms with Gasteiger partial charge in [-0.25, -0.2) is 4.98 Å². The summed E-state index contributed by atoms with van der Waals surface area (Å²) in [5, 5.41) is 12.7. The van der Waals surface area contributed by atoms with E-state index in [4.69, 9.17) is 22.7 Å². The Balaban J connectivity index is 2.03. The van der Waals surface area contributed by atoms with Crippen LogP contribution >= 0.6 is 12.2 Å². The molecule has 0 unspecified atom stereocenters. The number of anilines is 1. The molecule has 22 heavy (non-hydrogen) atoms. The van der Waals surface area contributed by atoms with Crippen LogP contribution in [0.25, 0.3) is 22.4 Å². The number of aromatic nitrogens is 2. The number of imidazole rings is 1. The predicted molar refractivity (Wildman–Crippen MR) is 90.2 cm³/mol. The third-order valence-electron chi connectivity index (χ3n) is 3.20. The van der Waals surface area contributed by atoms with Crippen molar-refractivity contribution in [1.82, 2.24) is 9.97 Å². The Kier molecular flexibility index (Phi) is 3.56. The lowest BCUT2D eigenvalue weighted by molar-refractivity contribution is 0.373. The van der Waals surface area contributed by atoms with Gasteiger partial charge in [0.25, 0.3) is 0 Å². The lowest BCUT2D eigenvalue weighted by atomic mass is 10.2. The number of nitrogens with one attached hydrogen (secondary N) is 2. The van der Waals surface area contributed by atoms with Crippen LogP contribution in [-0.2, 0) is 0 Å². The zero-order chi connectivity index (χ0) is 15.7. The number of aromatic hydroxyl groups is 1. The van der Waals surface area contributed by atoms with Crippen molar-refractivity contribution in [1.29, 1.82) is 0 Å². The van der Waals surface area contributed by atoms with Crippen molar-refractivity contribution < 1.29 is 9.84 Å². The summed E-state index contributed by atoms with van der Waals surface area (Å²) >= 11 is 4.83. The smallest absolute Gasteiger partial charge is 0.168 e. The van der Waals surface area contributed by atoms with E-state index in [9.17, 15) is 5.11 Å². The lowest BCUT2D eigenvalue weighted by Crippen LogP contribution is -2.18. The molecule has 0 radical (unpaired) electrons. The summed E-state index contributed by atoms with van der Waals surface area (Å²) < 4.78 is 5.11. The fourth-order valence-corrected chi connectivity index (χ4v) is 2.31. The molecule has 0 aliphatic carbocycles. The van der Waals surface area contributed by atoms with E-state index in [2.05, 4.69) is 15.3 Å². The first-order chi connectivity index (χ1) is 10.6. The predicted octanol–water partition coefficient (Wildman–Crippen LogP) is 2.60. The highest BCUT2D eigenvalue weighted by Gasteiger charge is 2.09. The van der Waals surface area contributed by atoms with E-state index >= 15 is 0 Å². The van der Waals surface area contributed by atoms with Crippen LogP contribution < -0.4 is 15.8 Å². The van der Waals surface area contributed by atoms with Crippen LogP contribution in [0.1, 0.15) is 0 Å². The van der Waals surface area contributed by atoms with E-state index in [0.29, 0.717) is 11.6 Å². The summed E-state index contributed by atoms with van der Waals surface area (Å²) in [4.78, 5) is 7.75. The van der Waals surface area contributed by atoms with E-state index in [1.54, 1.807) is 18.2 Å². The molecule has 7 heteroatoms. The molecule has 0 fully saturated rings. The maximum atomic E-state index is 9.65. The summed E-state index contributed by atoms with van der Waals surface area (Å²) in [6.07, 6.45) is 0. The molecule has 0 bridgehead atoms. The minimum Gasteiger partial charge on any atom is -0.504 e. The molecule has 0 saturated heterocycles. The summed E-state index contributed by atoms with van der Waals surface area (Å²) in [5.41, 5.74) is 8.74. The summed E-state index contributed by atoms with van der Waals surface area (Å²) in [6.45, 7) is 0. The Morgan fingerprint density at radius 1 is 1.32 bits per heavy atom. The van der Waals surface area contributed by atoms with Crippen LogP contribution in [-0.4, -0.2) is 27.3 Å². The Labute approximate surface area is 131 Å². The van der Waals surface area contributed by atoms with Gasteiger partial charge in [0.1, 0.15) is 5.82 Å². The van der Waals surface area contributed by atoms with Crippen molar-refractivity contribution >= 4 is 34.1 Å². The van der Waals surface area contributed by atoms with Crippen LogP contribution in [0.5, 0.6) is 11.5 Å². The molecule has 0 atom stereocenters. The average molecular weight is 314 g/mol. The number of nitrogens with two attached hydrogens (primary N) is 1. The number of rotatable bonds is 3. The van der Waals surface area contributed by atoms with Gasteiger partial charge >= 0.3 is 0 Å². The molecule has 5 N–H and O–H groups in total.